The Balaban J connectivity index is 2.24. The second kappa shape index (κ2) is 7.71. The summed E-state index contributed by atoms with van der Waals surface area (Å²) >= 11 is 0. The highest BCUT2D eigenvalue weighted by Gasteiger charge is 2.01. The molecule has 6 nitrogen and oxygen atoms in total. The van der Waals surface area contributed by atoms with Crippen LogP contribution < -0.4 is 15.8 Å². The van der Waals surface area contributed by atoms with E-state index in [-0.39, 0.29) is 5.95 Å². The molecule has 3 N–H and O–H groups in total. The molecule has 0 unspecified atom stereocenters. The van der Waals surface area contributed by atoms with Crippen molar-refractivity contribution in [3.63, 3.8) is 0 Å². The number of anilines is 2. The lowest BCUT2D eigenvalue weighted by atomic mass is 10.2. The van der Waals surface area contributed by atoms with E-state index < -0.39 is 0 Å². The minimum atomic E-state index is 0.202. The highest BCUT2D eigenvalue weighted by Crippen LogP contribution is 2.13. The summed E-state index contributed by atoms with van der Waals surface area (Å²) in [5, 5.41) is 3.16. The van der Waals surface area contributed by atoms with Gasteiger partial charge in [0.05, 0.1) is 7.11 Å². The summed E-state index contributed by atoms with van der Waals surface area (Å²) in [6.07, 6.45) is 0.916. The van der Waals surface area contributed by atoms with Crippen LogP contribution in [0.15, 0.2) is 6.07 Å². The van der Waals surface area contributed by atoms with Crippen LogP contribution in [0.5, 0.6) is 5.88 Å². The van der Waals surface area contributed by atoms with Gasteiger partial charge in [-0.25, -0.2) is 0 Å². The standard InChI is InChI=1S/C12H22N4O2/c1-9(2)8-18-6-4-5-14-10-7-11(17-3)16-12(13)15-10/h7,9H,4-6,8H2,1-3H3,(H3,13,14,15,16). The smallest absolute Gasteiger partial charge is 0.225 e. The Morgan fingerprint density at radius 2 is 2.17 bits per heavy atom. The summed E-state index contributed by atoms with van der Waals surface area (Å²) in [5.41, 5.74) is 5.55. The van der Waals surface area contributed by atoms with Crippen LogP contribution >= 0.6 is 0 Å². The van der Waals surface area contributed by atoms with Crippen molar-refractivity contribution in [2.45, 2.75) is 20.3 Å². The SMILES string of the molecule is COc1cc(NCCCOCC(C)C)nc(N)n1. The monoisotopic (exact) mass is 254 g/mol. The molecule has 0 aromatic carbocycles. The van der Waals surface area contributed by atoms with Crippen LogP contribution in [0.4, 0.5) is 11.8 Å². The average molecular weight is 254 g/mol. The normalized spacial score (nSPS) is 10.7. The topological polar surface area (TPSA) is 82.3 Å². The summed E-state index contributed by atoms with van der Waals surface area (Å²) in [6.45, 7) is 6.58. The molecule has 102 valence electrons. The van der Waals surface area contributed by atoms with Crippen LogP contribution in [0.3, 0.4) is 0 Å². The van der Waals surface area contributed by atoms with Crippen molar-refractivity contribution in [3.05, 3.63) is 6.07 Å². The van der Waals surface area contributed by atoms with Crippen molar-refractivity contribution >= 4 is 11.8 Å². The van der Waals surface area contributed by atoms with E-state index in [0.717, 1.165) is 26.2 Å². The third-order valence-corrected chi connectivity index (χ3v) is 2.15. The average Bonchev–Trinajstić information content (AvgIpc) is 2.32. The van der Waals surface area contributed by atoms with Crippen LogP contribution in [0.25, 0.3) is 0 Å². The Labute approximate surface area is 108 Å². The fraction of sp³-hybridized carbons (Fsp3) is 0.667. The van der Waals surface area contributed by atoms with Gasteiger partial charge in [-0.05, 0) is 12.3 Å². The molecular formula is C12H22N4O2. The number of hydrogen-bond donors (Lipinski definition) is 2. The summed E-state index contributed by atoms with van der Waals surface area (Å²) in [6, 6.07) is 1.71. The predicted molar refractivity (Wildman–Crippen MR) is 71.8 cm³/mol. The number of rotatable bonds is 8. The van der Waals surface area contributed by atoms with E-state index in [9.17, 15) is 0 Å². The number of hydrogen-bond acceptors (Lipinski definition) is 6. The van der Waals surface area contributed by atoms with E-state index in [4.69, 9.17) is 15.2 Å². The predicted octanol–water partition coefficient (Wildman–Crippen LogP) is 1.54. The second-order valence-corrected chi connectivity index (χ2v) is 4.40. The number of aromatic nitrogens is 2. The molecule has 0 spiro atoms. The number of nitrogens with two attached hydrogens (primary N) is 1. The van der Waals surface area contributed by atoms with E-state index >= 15 is 0 Å². The molecule has 0 aliphatic heterocycles. The molecule has 1 heterocycles. The lowest BCUT2D eigenvalue weighted by Crippen LogP contribution is -2.10. The lowest BCUT2D eigenvalue weighted by molar-refractivity contribution is 0.110. The molecule has 0 amide bonds. The summed E-state index contributed by atoms with van der Waals surface area (Å²) < 4.78 is 10.5. The fourth-order valence-electron chi connectivity index (χ4n) is 1.35. The molecular weight excluding hydrogens is 232 g/mol. The van der Waals surface area contributed by atoms with Gasteiger partial charge in [0.2, 0.25) is 11.8 Å². The highest BCUT2D eigenvalue weighted by atomic mass is 16.5. The third-order valence-electron chi connectivity index (χ3n) is 2.15. The number of ether oxygens (including phenoxy) is 2. The summed E-state index contributed by atoms with van der Waals surface area (Å²) in [5.74, 6) is 1.90. The van der Waals surface area contributed by atoms with Crippen molar-refractivity contribution in [2.24, 2.45) is 5.92 Å². The molecule has 0 aliphatic carbocycles. The van der Waals surface area contributed by atoms with E-state index in [0.29, 0.717) is 17.6 Å². The Bertz CT molecular complexity index is 358. The van der Waals surface area contributed by atoms with Crippen LogP contribution in [0.2, 0.25) is 0 Å². The van der Waals surface area contributed by atoms with E-state index in [1.54, 1.807) is 13.2 Å². The van der Waals surface area contributed by atoms with Gasteiger partial charge < -0.3 is 20.5 Å². The van der Waals surface area contributed by atoms with Crippen molar-refractivity contribution in [1.29, 1.82) is 0 Å². The molecule has 0 radical (unpaired) electrons. The molecule has 1 rings (SSSR count). The van der Waals surface area contributed by atoms with Crippen LogP contribution in [0.1, 0.15) is 20.3 Å². The zero-order valence-corrected chi connectivity index (χ0v) is 11.3. The minimum Gasteiger partial charge on any atom is -0.481 e. The molecule has 0 fully saturated rings. The largest absolute Gasteiger partial charge is 0.481 e. The van der Waals surface area contributed by atoms with Gasteiger partial charge in [0.25, 0.3) is 0 Å². The van der Waals surface area contributed by atoms with E-state index in [1.807, 2.05) is 0 Å². The van der Waals surface area contributed by atoms with Gasteiger partial charge >= 0.3 is 0 Å². The zero-order valence-electron chi connectivity index (χ0n) is 11.3. The molecule has 0 bridgehead atoms. The maximum absolute atomic E-state index is 5.55. The van der Waals surface area contributed by atoms with Gasteiger partial charge in [-0.3, -0.25) is 0 Å². The first kappa shape index (κ1) is 14.5. The molecule has 0 aliphatic rings. The molecule has 1 aromatic heterocycles. The molecule has 0 saturated heterocycles. The van der Waals surface area contributed by atoms with E-state index in [1.165, 1.54) is 0 Å². The van der Waals surface area contributed by atoms with E-state index in [2.05, 4.69) is 29.1 Å². The lowest BCUT2D eigenvalue weighted by Gasteiger charge is -2.09. The highest BCUT2D eigenvalue weighted by molar-refractivity contribution is 5.42. The molecule has 0 saturated carbocycles. The first-order valence-corrected chi connectivity index (χ1v) is 6.12. The van der Waals surface area contributed by atoms with Crippen molar-refractivity contribution < 1.29 is 9.47 Å². The second-order valence-electron chi connectivity index (χ2n) is 4.40. The minimum absolute atomic E-state index is 0.202. The van der Waals surface area contributed by atoms with Crippen molar-refractivity contribution in [3.8, 4) is 5.88 Å². The van der Waals surface area contributed by atoms with Gasteiger partial charge in [0, 0.05) is 25.8 Å². The number of nitrogens with zero attached hydrogens (tertiary/aromatic N) is 2. The molecule has 0 atom stereocenters. The summed E-state index contributed by atoms with van der Waals surface area (Å²) in [7, 11) is 1.55. The Kier molecular flexibility index (Phi) is 6.21. The first-order valence-electron chi connectivity index (χ1n) is 6.12. The fourth-order valence-corrected chi connectivity index (χ4v) is 1.35. The summed E-state index contributed by atoms with van der Waals surface area (Å²) in [4.78, 5) is 7.97. The molecule has 18 heavy (non-hydrogen) atoms. The van der Waals surface area contributed by atoms with Gasteiger partial charge in [0.1, 0.15) is 5.82 Å². The first-order chi connectivity index (χ1) is 8.61. The van der Waals surface area contributed by atoms with Gasteiger partial charge in [-0.15, -0.1) is 0 Å². The van der Waals surface area contributed by atoms with Gasteiger partial charge in [0.15, 0.2) is 0 Å². The quantitative estimate of drug-likeness (QED) is 0.685. The third kappa shape index (κ3) is 5.67. The van der Waals surface area contributed by atoms with Gasteiger partial charge in [-0.2, -0.15) is 9.97 Å². The van der Waals surface area contributed by atoms with Crippen molar-refractivity contribution in [2.75, 3.05) is 37.9 Å². The van der Waals surface area contributed by atoms with Crippen LogP contribution in [0, 0.1) is 5.92 Å². The van der Waals surface area contributed by atoms with Crippen LogP contribution in [-0.2, 0) is 4.74 Å². The Hall–Kier alpha value is -1.56. The molecule has 6 heteroatoms. The van der Waals surface area contributed by atoms with Crippen LogP contribution in [-0.4, -0.2) is 36.8 Å². The number of nitrogens with one attached hydrogen (secondary N) is 1. The maximum atomic E-state index is 5.55. The van der Waals surface area contributed by atoms with Gasteiger partial charge in [-0.1, -0.05) is 13.8 Å². The Morgan fingerprint density at radius 1 is 1.39 bits per heavy atom. The zero-order chi connectivity index (χ0) is 13.4. The number of nitrogen functional groups attached to an aromatic ring is 1. The Morgan fingerprint density at radius 3 is 2.83 bits per heavy atom. The number of methoxy groups -OCH3 is 1. The molecule has 1 aromatic rings. The van der Waals surface area contributed by atoms with Crippen molar-refractivity contribution in [1.82, 2.24) is 9.97 Å². The maximum Gasteiger partial charge on any atom is 0.225 e.